The van der Waals surface area contributed by atoms with Crippen LogP contribution in [0.25, 0.3) is 6.08 Å². The van der Waals surface area contributed by atoms with E-state index in [0.29, 0.717) is 18.1 Å². The van der Waals surface area contributed by atoms with Crippen molar-refractivity contribution < 1.29 is 14.7 Å². The number of hydrazone groups is 1. The number of aromatic carboxylic acids is 1. The fourth-order valence-electron chi connectivity index (χ4n) is 3.67. The quantitative estimate of drug-likeness (QED) is 0.426. The second-order valence-electron chi connectivity index (χ2n) is 8.75. The Morgan fingerprint density at radius 3 is 2.42 bits per heavy atom. The molecular weight excluding hydrogens is 454 g/mol. The van der Waals surface area contributed by atoms with E-state index in [4.69, 9.17) is 5.11 Å². The number of pyridine rings is 1. The predicted molar refractivity (Wildman–Crippen MR) is 146 cm³/mol. The van der Waals surface area contributed by atoms with Crippen LogP contribution in [0.2, 0.25) is 0 Å². The summed E-state index contributed by atoms with van der Waals surface area (Å²) in [4.78, 5) is 35.0. The van der Waals surface area contributed by atoms with Crippen LogP contribution in [0.3, 0.4) is 0 Å². The van der Waals surface area contributed by atoms with Gasteiger partial charge >= 0.3 is 11.9 Å². The molecule has 0 spiro atoms. The summed E-state index contributed by atoms with van der Waals surface area (Å²) in [6.07, 6.45) is 9.90. The van der Waals surface area contributed by atoms with Crippen molar-refractivity contribution in [1.29, 1.82) is 0 Å². The van der Waals surface area contributed by atoms with Crippen molar-refractivity contribution in [3.8, 4) is 0 Å². The van der Waals surface area contributed by atoms with E-state index in [-0.39, 0.29) is 23.0 Å². The number of amides is 1. The summed E-state index contributed by atoms with van der Waals surface area (Å²) in [6.45, 7) is 10.4. The van der Waals surface area contributed by atoms with Crippen LogP contribution in [0.15, 0.2) is 71.0 Å². The number of hydrogen-bond acceptors (Lipinski definition) is 6. The van der Waals surface area contributed by atoms with Crippen molar-refractivity contribution in [2.45, 2.75) is 40.5 Å². The number of nitrogens with zero attached hydrogens (tertiary/aromatic N) is 5. The van der Waals surface area contributed by atoms with Gasteiger partial charge in [-0.2, -0.15) is 10.1 Å². The molecule has 1 amide bonds. The largest absolute Gasteiger partial charge is 0.478 e. The van der Waals surface area contributed by atoms with E-state index in [9.17, 15) is 9.59 Å². The molecule has 0 radical (unpaired) electrons. The molecule has 1 aromatic carbocycles. The molecule has 1 aromatic heterocycles. The number of aromatic nitrogens is 1. The van der Waals surface area contributed by atoms with Crippen molar-refractivity contribution in [1.82, 2.24) is 4.98 Å². The molecule has 0 aliphatic carbocycles. The number of rotatable bonds is 11. The topological polar surface area (TPSA) is 98.5 Å². The van der Waals surface area contributed by atoms with Gasteiger partial charge in [0.15, 0.2) is 11.5 Å². The molecule has 0 saturated carbocycles. The van der Waals surface area contributed by atoms with Crippen molar-refractivity contribution >= 4 is 40.9 Å². The van der Waals surface area contributed by atoms with Gasteiger partial charge in [-0.1, -0.05) is 38.1 Å². The smallest absolute Gasteiger partial charge is 0.337 e. The second kappa shape index (κ2) is 12.6. The summed E-state index contributed by atoms with van der Waals surface area (Å²) in [5.74, 6) is -0.764. The number of carboxylic acids is 1. The molecule has 2 aromatic rings. The third-order valence-corrected chi connectivity index (χ3v) is 5.77. The molecule has 3 rings (SSSR count). The van der Waals surface area contributed by atoms with Gasteiger partial charge in [0, 0.05) is 31.2 Å². The molecular formula is C28H33N5O3. The van der Waals surface area contributed by atoms with Crippen molar-refractivity contribution in [3.05, 3.63) is 72.1 Å². The summed E-state index contributed by atoms with van der Waals surface area (Å²) >= 11 is 0. The average Bonchev–Trinajstić information content (AvgIpc) is 3.19. The zero-order chi connectivity index (χ0) is 26.1. The number of carboxylic acid groups (broad SMARTS) is 1. The van der Waals surface area contributed by atoms with Gasteiger partial charge in [0.05, 0.1) is 11.3 Å². The van der Waals surface area contributed by atoms with Gasteiger partial charge in [-0.05, 0) is 68.5 Å². The number of aliphatic imine (C=N–C) groups is 1. The first-order valence-corrected chi connectivity index (χ1v) is 12.2. The highest BCUT2D eigenvalue weighted by Gasteiger charge is 2.33. The average molecular weight is 488 g/mol. The highest BCUT2D eigenvalue weighted by atomic mass is 16.4. The van der Waals surface area contributed by atoms with Crippen LogP contribution in [0.1, 0.15) is 56.5 Å². The Kier molecular flexibility index (Phi) is 9.27. The summed E-state index contributed by atoms with van der Waals surface area (Å²) in [6, 6.07) is 11.2. The number of benzene rings is 1. The van der Waals surface area contributed by atoms with E-state index < -0.39 is 5.97 Å². The maximum absolute atomic E-state index is 13.1. The van der Waals surface area contributed by atoms with Crippen LogP contribution in [0, 0.1) is 5.92 Å². The van der Waals surface area contributed by atoms with Crippen LogP contribution < -0.4 is 9.91 Å². The SMILES string of the molecule is CCN(CC)c1ccc(/C=C/C=C/N=C2C(=O)N(c3ccc(C(=O)O)cn3)N=C2CCC(C)C)cc1. The lowest BCUT2D eigenvalue weighted by molar-refractivity contribution is -0.112. The van der Waals surface area contributed by atoms with Crippen LogP contribution in [-0.2, 0) is 4.79 Å². The third kappa shape index (κ3) is 6.75. The fourth-order valence-corrected chi connectivity index (χ4v) is 3.67. The van der Waals surface area contributed by atoms with Crippen LogP contribution >= 0.6 is 0 Å². The minimum Gasteiger partial charge on any atom is -0.478 e. The van der Waals surface area contributed by atoms with Gasteiger partial charge in [-0.15, -0.1) is 0 Å². The highest BCUT2D eigenvalue weighted by molar-refractivity contribution is 6.71. The first-order valence-electron chi connectivity index (χ1n) is 12.2. The van der Waals surface area contributed by atoms with E-state index in [1.807, 2.05) is 12.2 Å². The molecule has 1 aliphatic heterocycles. The van der Waals surface area contributed by atoms with Gasteiger partial charge in [-0.3, -0.25) is 4.79 Å². The van der Waals surface area contributed by atoms with E-state index in [1.165, 1.54) is 29.0 Å². The molecule has 8 heteroatoms. The Bertz CT molecular complexity index is 1170. The van der Waals surface area contributed by atoms with Gasteiger partial charge in [0.25, 0.3) is 0 Å². The number of carbonyl (C=O) groups is 2. The van der Waals surface area contributed by atoms with Crippen molar-refractivity contribution in [2.24, 2.45) is 16.0 Å². The molecule has 8 nitrogen and oxygen atoms in total. The molecule has 36 heavy (non-hydrogen) atoms. The molecule has 0 saturated heterocycles. The molecule has 1 N–H and O–H groups in total. The van der Waals surface area contributed by atoms with Crippen LogP contribution in [0.4, 0.5) is 11.5 Å². The zero-order valence-electron chi connectivity index (χ0n) is 21.3. The third-order valence-electron chi connectivity index (χ3n) is 5.77. The van der Waals surface area contributed by atoms with Crippen LogP contribution in [-0.4, -0.2) is 46.5 Å². The normalized spacial score (nSPS) is 15.0. The number of hydrogen-bond donors (Lipinski definition) is 1. The van der Waals surface area contributed by atoms with Crippen molar-refractivity contribution in [3.63, 3.8) is 0 Å². The van der Waals surface area contributed by atoms with Gasteiger partial charge in [-0.25, -0.2) is 14.8 Å². The fraction of sp³-hybridized carbons (Fsp3) is 0.321. The maximum atomic E-state index is 13.1. The first kappa shape index (κ1) is 26.5. The van der Waals surface area contributed by atoms with Gasteiger partial charge in [0.2, 0.25) is 0 Å². The van der Waals surface area contributed by atoms with Gasteiger partial charge in [0.1, 0.15) is 0 Å². The minimum atomic E-state index is -1.08. The Morgan fingerprint density at radius 1 is 1.11 bits per heavy atom. The zero-order valence-corrected chi connectivity index (χ0v) is 21.3. The Hall–Kier alpha value is -4.07. The summed E-state index contributed by atoms with van der Waals surface area (Å²) in [5, 5.41) is 14.7. The predicted octanol–water partition coefficient (Wildman–Crippen LogP) is 5.43. The second-order valence-corrected chi connectivity index (χ2v) is 8.75. The van der Waals surface area contributed by atoms with E-state index in [0.717, 1.165) is 25.1 Å². The van der Waals surface area contributed by atoms with E-state index in [2.05, 4.69) is 71.9 Å². The molecule has 0 bridgehead atoms. The highest BCUT2D eigenvalue weighted by Crippen LogP contribution is 2.21. The van der Waals surface area contributed by atoms with E-state index in [1.54, 1.807) is 12.3 Å². The minimum absolute atomic E-state index is 0.0423. The molecule has 2 heterocycles. The lowest BCUT2D eigenvalue weighted by Crippen LogP contribution is -2.28. The van der Waals surface area contributed by atoms with Gasteiger partial charge < -0.3 is 10.0 Å². The summed E-state index contributed by atoms with van der Waals surface area (Å²) in [5.41, 5.74) is 3.18. The van der Waals surface area contributed by atoms with Crippen LogP contribution in [0.5, 0.6) is 0 Å². The van der Waals surface area contributed by atoms with Crippen molar-refractivity contribution in [2.75, 3.05) is 23.0 Å². The Morgan fingerprint density at radius 2 is 1.83 bits per heavy atom. The summed E-state index contributed by atoms with van der Waals surface area (Å²) < 4.78 is 0. The summed E-state index contributed by atoms with van der Waals surface area (Å²) in [7, 11) is 0. The lowest BCUT2D eigenvalue weighted by Gasteiger charge is -2.20. The Labute approximate surface area is 212 Å². The molecule has 188 valence electrons. The molecule has 0 unspecified atom stereocenters. The molecule has 1 aliphatic rings. The Balaban J connectivity index is 1.74. The monoisotopic (exact) mass is 487 g/mol. The van der Waals surface area contributed by atoms with E-state index >= 15 is 0 Å². The number of carbonyl (C=O) groups excluding carboxylic acids is 1. The first-order chi connectivity index (χ1) is 17.3. The number of anilines is 2. The molecule has 0 atom stereocenters. The standard InChI is InChI=1S/C28H33N5O3/c1-5-32(6-2)23-14-11-21(12-15-23)9-7-8-18-29-26-24(16-10-20(3)4)31-33(27(26)34)25-17-13-22(19-30-25)28(35)36/h7-9,11-15,17-20H,5-6,10,16H2,1-4H3,(H,35,36)/b9-7+,18-8+,29-26?. The molecule has 0 fully saturated rings. The lowest BCUT2D eigenvalue weighted by atomic mass is 10.0. The number of allylic oxidation sites excluding steroid dienone is 2. The maximum Gasteiger partial charge on any atom is 0.337 e.